The van der Waals surface area contributed by atoms with Gasteiger partial charge in [0.1, 0.15) is 4.83 Å². The lowest BCUT2D eigenvalue weighted by Crippen LogP contribution is -2.24. The maximum absolute atomic E-state index is 13.4. The number of Topliss-reactive ketones (excluding diaryl/α,β-unsaturated/α-hetero) is 1. The number of nitrogens with one attached hydrogen (secondary N) is 1. The number of nitrogens with zero attached hydrogens (tertiary/aromatic N) is 2. The van der Waals surface area contributed by atoms with E-state index in [1.165, 1.54) is 22.2 Å². The number of carbonyl (C=O) groups is 1. The molecule has 1 N–H and O–H groups in total. The highest BCUT2D eigenvalue weighted by Gasteiger charge is 2.25. The second-order valence-corrected chi connectivity index (χ2v) is 10.5. The number of hydrogen-bond donors (Lipinski definition) is 1. The third kappa shape index (κ3) is 3.53. The number of aryl methyl sites for hydroxylation is 2. The van der Waals surface area contributed by atoms with Crippen LogP contribution < -0.4 is 5.56 Å². The first-order chi connectivity index (χ1) is 15.5. The van der Waals surface area contributed by atoms with Gasteiger partial charge in [-0.25, -0.2) is 4.98 Å². The van der Waals surface area contributed by atoms with Gasteiger partial charge in [-0.3, -0.25) is 14.2 Å². The fourth-order valence-electron chi connectivity index (χ4n) is 4.64. The molecule has 1 aliphatic carbocycles. The van der Waals surface area contributed by atoms with Crippen molar-refractivity contribution in [3.8, 4) is 0 Å². The molecule has 0 spiro atoms. The van der Waals surface area contributed by atoms with Gasteiger partial charge >= 0.3 is 0 Å². The number of thioether (sulfide) groups is 1. The predicted molar refractivity (Wildman–Crippen MR) is 133 cm³/mol. The number of thiophene rings is 1. The summed E-state index contributed by atoms with van der Waals surface area (Å²) in [6.45, 7) is 8.38. The third-order valence-electron chi connectivity index (χ3n) is 6.20. The normalized spacial score (nSPS) is 15.9. The molecule has 5 nitrogen and oxygen atoms in total. The number of benzene rings is 1. The fourth-order valence-corrected chi connectivity index (χ4v) is 6.95. The van der Waals surface area contributed by atoms with Crippen LogP contribution in [0, 0.1) is 12.8 Å². The molecule has 1 atom stereocenters. The second kappa shape index (κ2) is 8.37. The van der Waals surface area contributed by atoms with Crippen molar-refractivity contribution >= 4 is 50.0 Å². The monoisotopic (exact) mass is 463 g/mol. The Labute approximate surface area is 194 Å². The number of rotatable bonds is 6. The van der Waals surface area contributed by atoms with Gasteiger partial charge in [0.15, 0.2) is 10.9 Å². The maximum atomic E-state index is 13.4. The Morgan fingerprint density at radius 3 is 3.03 bits per heavy atom. The first kappa shape index (κ1) is 21.2. The molecule has 0 fully saturated rings. The van der Waals surface area contributed by atoms with Crippen molar-refractivity contribution in [3.63, 3.8) is 0 Å². The number of fused-ring (bicyclic) bond motifs is 4. The van der Waals surface area contributed by atoms with E-state index >= 15 is 0 Å². The van der Waals surface area contributed by atoms with E-state index in [0.717, 1.165) is 46.1 Å². The molecule has 1 aliphatic rings. The average Bonchev–Trinajstić information content (AvgIpc) is 3.30. The number of aromatic amines is 1. The van der Waals surface area contributed by atoms with E-state index in [4.69, 9.17) is 4.98 Å². The van der Waals surface area contributed by atoms with E-state index < -0.39 is 0 Å². The summed E-state index contributed by atoms with van der Waals surface area (Å²) in [5.74, 6) is 0.889. The fraction of sp³-hybridized carbons (Fsp3) is 0.320. The van der Waals surface area contributed by atoms with Crippen LogP contribution in [-0.4, -0.2) is 26.1 Å². The molecule has 1 unspecified atom stereocenters. The van der Waals surface area contributed by atoms with Crippen LogP contribution >= 0.6 is 23.1 Å². The summed E-state index contributed by atoms with van der Waals surface area (Å²) < 4.78 is 1.67. The van der Waals surface area contributed by atoms with Crippen molar-refractivity contribution in [1.82, 2.24) is 14.5 Å². The van der Waals surface area contributed by atoms with Gasteiger partial charge in [-0.15, -0.1) is 17.9 Å². The number of hydrogen-bond acceptors (Lipinski definition) is 5. The van der Waals surface area contributed by atoms with Gasteiger partial charge in [0.05, 0.1) is 11.1 Å². The molecule has 0 bridgehead atoms. The molecule has 0 aliphatic heterocycles. The Hall–Kier alpha value is -2.64. The summed E-state index contributed by atoms with van der Waals surface area (Å²) in [5.41, 5.74) is 3.71. The van der Waals surface area contributed by atoms with E-state index in [1.54, 1.807) is 22.0 Å². The van der Waals surface area contributed by atoms with Gasteiger partial charge in [0.2, 0.25) is 0 Å². The highest BCUT2D eigenvalue weighted by molar-refractivity contribution is 7.99. The van der Waals surface area contributed by atoms with Crippen molar-refractivity contribution in [1.29, 1.82) is 0 Å². The quantitative estimate of drug-likeness (QED) is 0.177. The van der Waals surface area contributed by atoms with Gasteiger partial charge in [-0.1, -0.05) is 43.0 Å². The molecule has 0 saturated carbocycles. The van der Waals surface area contributed by atoms with Crippen LogP contribution in [0.1, 0.15) is 39.8 Å². The number of para-hydroxylation sites is 1. The minimum Gasteiger partial charge on any atom is -0.358 e. The number of aromatic nitrogens is 3. The van der Waals surface area contributed by atoms with Crippen LogP contribution in [0.15, 0.2) is 46.9 Å². The lowest BCUT2D eigenvalue weighted by atomic mass is 9.89. The lowest BCUT2D eigenvalue weighted by Gasteiger charge is -2.17. The summed E-state index contributed by atoms with van der Waals surface area (Å²) >= 11 is 2.97. The maximum Gasteiger partial charge on any atom is 0.263 e. The minimum absolute atomic E-state index is 0.0137. The van der Waals surface area contributed by atoms with E-state index in [1.807, 2.05) is 31.2 Å². The highest BCUT2D eigenvalue weighted by Crippen LogP contribution is 2.36. The summed E-state index contributed by atoms with van der Waals surface area (Å²) in [7, 11) is 0. The van der Waals surface area contributed by atoms with Crippen molar-refractivity contribution in [2.45, 2.75) is 44.8 Å². The number of carbonyl (C=O) groups excluding carboxylic acids is 1. The van der Waals surface area contributed by atoms with E-state index in [2.05, 4.69) is 18.5 Å². The molecule has 0 saturated heterocycles. The zero-order valence-electron chi connectivity index (χ0n) is 18.2. The summed E-state index contributed by atoms with van der Waals surface area (Å²) in [6, 6.07) is 7.83. The molecule has 1 aromatic carbocycles. The van der Waals surface area contributed by atoms with Crippen LogP contribution in [0.4, 0.5) is 0 Å². The van der Waals surface area contributed by atoms with Crippen LogP contribution in [-0.2, 0) is 19.4 Å². The van der Waals surface area contributed by atoms with Gasteiger partial charge in [-0.05, 0) is 43.7 Å². The molecular weight excluding hydrogens is 438 g/mol. The zero-order chi connectivity index (χ0) is 22.4. The third-order valence-corrected chi connectivity index (χ3v) is 8.32. The molecule has 0 amide bonds. The van der Waals surface area contributed by atoms with Crippen LogP contribution in [0.2, 0.25) is 0 Å². The largest absolute Gasteiger partial charge is 0.358 e. The Morgan fingerprint density at radius 2 is 2.22 bits per heavy atom. The van der Waals surface area contributed by atoms with Crippen LogP contribution in [0.5, 0.6) is 0 Å². The standard InChI is InChI=1S/C25H25N3O2S2/c1-4-11-28-24(30)22-17-10-9-14(2)12-20(17)32-23(22)27-25(28)31-13-19(29)21-15(3)26-18-8-6-5-7-16(18)21/h4-8,14,26H,1,9-13H2,2-3H3. The van der Waals surface area contributed by atoms with Crippen LogP contribution in [0.3, 0.4) is 0 Å². The Bertz CT molecular complexity index is 1430. The summed E-state index contributed by atoms with van der Waals surface area (Å²) in [6.07, 6.45) is 4.77. The van der Waals surface area contributed by atoms with Gasteiger partial charge in [0, 0.05) is 33.6 Å². The van der Waals surface area contributed by atoms with Gasteiger partial charge in [-0.2, -0.15) is 0 Å². The first-order valence-electron chi connectivity index (χ1n) is 10.9. The van der Waals surface area contributed by atoms with E-state index in [-0.39, 0.29) is 17.1 Å². The highest BCUT2D eigenvalue weighted by atomic mass is 32.2. The molecule has 5 rings (SSSR count). The Balaban J connectivity index is 1.51. The van der Waals surface area contributed by atoms with Crippen molar-refractivity contribution < 1.29 is 4.79 Å². The molecule has 164 valence electrons. The van der Waals surface area contributed by atoms with Crippen molar-refractivity contribution in [2.75, 3.05) is 5.75 Å². The first-order valence-corrected chi connectivity index (χ1v) is 12.7. The summed E-state index contributed by atoms with van der Waals surface area (Å²) in [5, 5.41) is 2.28. The lowest BCUT2D eigenvalue weighted by molar-refractivity contribution is 0.102. The zero-order valence-corrected chi connectivity index (χ0v) is 19.9. The van der Waals surface area contributed by atoms with Gasteiger partial charge in [0.25, 0.3) is 5.56 Å². The van der Waals surface area contributed by atoms with Crippen molar-refractivity contribution in [2.24, 2.45) is 5.92 Å². The molecule has 0 radical (unpaired) electrons. The number of ketones is 1. The topological polar surface area (TPSA) is 67.8 Å². The van der Waals surface area contributed by atoms with E-state index in [0.29, 0.717) is 23.2 Å². The minimum atomic E-state index is -0.0137. The number of H-pyrrole nitrogens is 1. The Kier molecular flexibility index (Phi) is 5.55. The molecule has 4 aromatic rings. The summed E-state index contributed by atoms with van der Waals surface area (Å²) in [4.78, 5) is 36.8. The molecule has 7 heteroatoms. The molecule has 3 aromatic heterocycles. The Morgan fingerprint density at radius 1 is 1.41 bits per heavy atom. The smallest absolute Gasteiger partial charge is 0.263 e. The second-order valence-electron chi connectivity index (χ2n) is 8.51. The predicted octanol–water partition coefficient (Wildman–Crippen LogP) is 5.53. The van der Waals surface area contributed by atoms with Gasteiger partial charge < -0.3 is 4.98 Å². The molecule has 3 heterocycles. The molecule has 32 heavy (non-hydrogen) atoms. The van der Waals surface area contributed by atoms with Crippen molar-refractivity contribution in [3.05, 3.63) is 69.0 Å². The molecular formula is C25H25N3O2S2. The van der Waals surface area contributed by atoms with Crippen LogP contribution in [0.25, 0.3) is 21.1 Å². The average molecular weight is 464 g/mol. The van der Waals surface area contributed by atoms with E-state index in [9.17, 15) is 9.59 Å². The number of allylic oxidation sites excluding steroid dienone is 1. The SMILES string of the molecule is C=CCn1c(SCC(=O)c2c(C)[nH]c3ccccc23)nc2sc3c(c2c1=O)CCC(C)C3.